The summed E-state index contributed by atoms with van der Waals surface area (Å²) in [6.45, 7) is 14.5. The molecule has 0 aromatic rings. The van der Waals surface area contributed by atoms with Crippen LogP contribution in [0.1, 0.15) is 34.1 Å². The Morgan fingerprint density at radius 2 is 2.10 bits per heavy atom. The van der Waals surface area contributed by atoms with E-state index in [1.165, 1.54) is 6.42 Å². The fourth-order valence-electron chi connectivity index (χ4n) is 2.59. The van der Waals surface area contributed by atoms with Crippen LogP contribution in [-0.2, 0) is 9.53 Å². The number of morpholine rings is 1. The van der Waals surface area contributed by atoms with E-state index in [0.717, 1.165) is 39.3 Å². The molecule has 1 heterocycles. The minimum Gasteiger partial charge on any atom is -0.374 e. The summed E-state index contributed by atoms with van der Waals surface area (Å²) in [5.74, 6) is 0.174. The zero-order valence-electron chi connectivity index (χ0n) is 14.4. The van der Waals surface area contributed by atoms with Crippen LogP contribution in [0.4, 0.5) is 0 Å². The van der Waals surface area contributed by atoms with E-state index in [9.17, 15) is 4.79 Å². The average molecular weight is 299 g/mol. The minimum absolute atomic E-state index is 0.126. The van der Waals surface area contributed by atoms with Crippen molar-refractivity contribution < 1.29 is 9.53 Å². The number of hydrogen-bond donors (Lipinski definition) is 1. The monoisotopic (exact) mass is 299 g/mol. The van der Waals surface area contributed by atoms with Crippen molar-refractivity contribution >= 4 is 5.91 Å². The molecule has 0 bridgehead atoms. The van der Waals surface area contributed by atoms with Gasteiger partial charge in [0.05, 0.1) is 12.7 Å². The van der Waals surface area contributed by atoms with E-state index >= 15 is 0 Å². The summed E-state index contributed by atoms with van der Waals surface area (Å²) in [7, 11) is 1.87. The van der Waals surface area contributed by atoms with Crippen LogP contribution in [0, 0.1) is 5.41 Å². The third-order valence-electron chi connectivity index (χ3n) is 3.72. The molecule has 0 unspecified atom stereocenters. The van der Waals surface area contributed by atoms with Gasteiger partial charge in [-0.25, -0.2) is 0 Å². The van der Waals surface area contributed by atoms with Crippen molar-refractivity contribution in [2.24, 2.45) is 5.41 Å². The van der Waals surface area contributed by atoms with Crippen molar-refractivity contribution in [3.8, 4) is 0 Å². The van der Waals surface area contributed by atoms with Crippen LogP contribution in [0.3, 0.4) is 0 Å². The maximum atomic E-state index is 12.2. The van der Waals surface area contributed by atoms with Crippen LogP contribution in [-0.4, -0.2) is 74.7 Å². The van der Waals surface area contributed by atoms with Crippen LogP contribution >= 0.6 is 0 Å². The standard InChI is InChI=1S/C16H33N3O2/c1-6-7-17-8-9-19-10-11-21-14(13-19)12-18(5)15(20)16(2,3)4/h14,17H,6-13H2,1-5H3/t14-/m0/s1. The molecule has 0 spiro atoms. The molecule has 124 valence electrons. The Morgan fingerprint density at radius 3 is 2.71 bits per heavy atom. The lowest BCUT2D eigenvalue weighted by atomic mass is 9.95. The summed E-state index contributed by atoms with van der Waals surface area (Å²) in [5, 5.41) is 3.43. The molecule has 1 aliphatic heterocycles. The molecule has 0 aromatic carbocycles. The second-order valence-electron chi connectivity index (χ2n) is 6.98. The second kappa shape index (κ2) is 8.71. The molecule has 1 rings (SSSR count). The molecule has 5 heteroatoms. The van der Waals surface area contributed by atoms with Gasteiger partial charge >= 0.3 is 0 Å². The molecule has 1 saturated heterocycles. The fourth-order valence-corrected chi connectivity index (χ4v) is 2.59. The van der Waals surface area contributed by atoms with Crippen LogP contribution in [0.15, 0.2) is 0 Å². The Kier molecular flexibility index (Phi) is 7.63. The number of nitrogens with zero attached hydrogens (tertiary/aromatic N) is 2. The molecule has 21 heavy (non-hydrogen) atoms. The van der Waals surface area contributed by atoms with Gasteiger partial charge in [-0.15, -0.1) is 0 Å². The van der Waals surface area contributed by atoms with Gasteiger partial charge in [0.15, 0.2) is 0 Å². The quantitative estimate of drug-likeness (QED) is 0.717. The summed E-state index contributed by atoms with van der Waals surface area (Å²) in [4.78, 5) is 16.4. The van der Waals surface area contributed by atoms with Gasteiger partial charge in [-0.3, -0.25) is 9.69 Å². The minimum atomic E-state index is -0.326. The van der Waals surface area contributed by atoms with Crippen molar-refractivity contribution in [2.45, 2.75) is 40.2 Å². The second-order valence-corrected chi connectivity index (χ2v) is 6.98. The number of carbonyl (C=O) groups excluding carboxylic acids is 1. The smallest absolute Gasteiger partial charge is 0.227 e. The third kappa shape index (κ3) is 6.76. The highest BCUT2D eigenvalue weighted by Gasteiger charge is 2.28. The van der Waals surface area contributed by atoms with Gasteiger partial charge in [0.1, 0.15) is 0 Å². The van der Waals surface area contributed by atoms with Crippen molar-refractivity contribution in [3.63, 3.8) is 0 Å². The topological polar surface area (TPSA) is 44.8 Å². The van der Waals surface area contributed by atoms with Gasteiger partial charge in [0, 0.05) is 45.2 Å². The third-order valence-corrected chi connectivity index (χ3v) is 3.72. The normalized spacial score (nSPS) is 20.5. The first-order valence-corrected chi connectivity index (χ1v) is 8.14. The molecule has 1 atom stereocenters. The van der Waals surface area contributed by atoms with Gasteiger partial charge in [-0.2, -0.15) is 0 Å². The number of carbonyl (C=O) groups is 1. The SMILES string of the molecule is CCCNCCN1CCO[C@@H](CN(C)C(=O)C(C)(C)C)C1. The highest BCUT2D eigenvalue weighted by Crippen LogP contribution is 2.17. The molecule has 0 aromatic heterocycles. The summed E-state index contributed by atoms with van der Waals surface area (Å²) >= 11 is 0. The highest BCUT2D eigenvalue weighted by atomic mass is 16.5. The zero-order chi connectivity index (χ0) is 15.9. The molecular formula is C16H33N3O2. The van der Waals surface area contributed by atoms with Crippen molar-refractivity contribution in [2.75, 3.05) is 52.9 Å². The van der Waals surface area contributed by atoms with Gasteiger partial charge in [-0.05, 0) is 13.0 Å². The first-order chi connectivity index (χ1) is 9.84. The lowest BCUT2D eigenvalue weighted by Crippen LogP contribution is -2.50. The predicted octanol–water partition coefficient (Wildman–Crippen LogP) is 1.19. The molecule has 0 saturated carbocycles. The predicted molar refractivity (Wildman–Crippen MR) is 86.4 cm³/mol. The van der Waals surface area contributed by atoms with Crippen molar-refractivity contribution in [3.05, 3.63) is 0 Å². The van der Waals surface area contributed by atoms with E-state index in [4.69, 9.17) is 4.74 Å². The zero-order valence-corrected chi connectivity index (χ0v) is 14.4. The van der Waals surface area contributed by atoms with E-state index in [1.54, 1.807) is 0 Å². The van der Waals surface area contributed by atoms with E-state index in [2.05, 4.69) is 17.1 Å². The molecule has 0 aliphatic carbocycles. The molecule has 1 fully saturated rings. The first-order valence-electron chi connectivity index (χ1n) is 8.14. The lowest BCUT2D eigenvalue weighted by Gasteiger charge is -2.36. The number of amides is 1. The van der Waals surface area contributed by atoms with E-state index < -0.39 is 0 Å². The fraction of sp³-hybridized carbons (Fsp3) is 0.938. The summed E-state index contributed by atoms with van der Waals surface area (Å²) in [6, 6.07) is 0. The number of nitrogens with one attached hydrogen (secondary N) is 1. The van der Waals surface area contributed by atoms with Crippen molar-refractivity contribution in [1.82, 2.24) is 15.1 Å². The average Bonchev–Trinajstić information content (AvgIpc) is 2.42. The lowest BCUT2D eigenvalue weighted by molar-refractivity contribution is -0.141. The van der Waals surface area contributed by atoms with Gasteiger partial charge < -0.3 is 15.0 Å². The summed E-state index contributed by atoms with van der Waals surface area (Å²) < 4.78 is 5.81. The van der Waals surface area contributed by atoms with Crippen LogP contribution in [0.25, 0.3) is 0 Å². The van der Waals surface area contributed by atoms with Gasteiger partial charge in [0.2, 0.25) is 5.91 Å². The summed E-state index contributed by atoms with van der Waals surface area (Å²) in [5.41, 5.74) is -0.326. The molecular weight excluding hydrogens is 266 g/mol. The Hall–Kier alpha value is -0.650. The largest absolute Gasteiger partial charge is 0.374 e. The number of ether oxygens (including phenoxy) is 1. The van der Waals surface area contributed by atoms with E-state index in [1.807, 2.05) is 32.7 Å². The summed E-state index contributed by atoms with van der Waals surface area (Å²) in [6.07, 6.45) is 1.30. The van der Waals surface area contributed by atoms with Crippen LogP contribution in [0.2, 0.25) is 0 Å². The molecule has 1 amide bonds. The maximum Gasteiger partial charge on any atom is 0.227 e. The highest BCUT2D eigenvalue weighted by molar-refractivity contribution is 5.81. The number of likely N-dealkylation sites (N-methyl/N-ethyl adjacent to an activating group) is 1. The Bertz CT molecular complexity index is 315. The van der Waals surface area contributed by atoms with E-state index in [0.29, 0.717) is 6.54 Å². The van der Waals surface area contributed by atoms with Crippen LogP contribution in [0.5, 0.6) is 0 Å². The Labute approximate surface area is 130 Å². The Balaban J connectivity index is 2.34. The Morgan fingerprint density at radius 1 is 1.38 bits per heavy atom. The first kappa shape index (κ1) is 18.4. The maximum absolute atomic E-state index is 12.2. The number of hydrogen-bond acceptors (Lipinski definition) is 4. The molecule has 1 N–H and O–H groups in total. The van der Waals surface area contributed by atoms with Crippen LogP contribution < -0.4 is 5.32 Å². The van der Waals surface area contributed by atoms with E-state index in [-0.39, 0.29) is 17.4 Å². The molecule has 1 aliphatic rings. The van der Waals surface area contributed by atoms with Gasteiger partial charge in [0.25, 0.3) is 0 Å². The van der Waals surface area contributed by atoms with Gasteiger partial charge in [-0.1, -0.05) is 27.7 Å². The molecule has 5 nitrogen and oxygen atoms in total. The molecule has 0 radical (unpaired) electrons. The number of rotatable bonds is 7. The van der Waals surface area contributed by atoms with Crippen molar-refractivity contribution in [1.29, 1.82) is 0 Å².